The number of nitrogens with one attached hydrogen (secondary N) is 2. The summed E-state index contributed by atoms with van der Waals surface area (Å²) >= 11 is 0. The number of piperidine rings is 1. The molecule has 0 saturated carbocycles. The molecule has 2 N–H and O–H groups in total. The van der Waals surface area contributed by atoms with Crippen LogP contribution < -0.4 is 29.7 Å². The number of anilines is 1. The first-order valence-corrected chi connectivity index (χ1v) is 10.8. The van der Waals surface area contributed by atoms with Gasteiger partial charge in [0.05, 0.1) is 20.8 Å². The second kappa shape index (κ2) is 13.2. The average molecular weight is 554 g/mol. The fraction of sp³-hybridized carbons (Fsp3) is 0.458. The highest BCUT2D eigenvalue weighted by Crippen LogP contribution is 2.30. The van der Waals surface area contributed by atoms with Gasteiger partial charge >= 0.3 is 0 Å². The molecule has 1 aliphatic heterocycles. The van der Waals surface area contributed by atoms with Gasteiger partial charge in [0.2, 0.25) is 0 Å². The summed E-state index contributed by atoms with van der Waals surface area (Å²) in [4.78, 5) is 6.78. The predicted molar refractivity (Wildman–Crippen MR) is 141 cm³/mol. The molecule has 8 heteroatoms. The van der Waals surface area contributed by atoms with Gasteiger partial charge in [-0.1, -0.05) is 18.2 Å². The summed E-state index contributed by atoms with van der Waals surface area (Å²) < 4.78 is 16.5. The molecule has 7 nitrogen and oxygen atoms in total. The fourth-order valence-electron chi connectivity index (χ4n) is 3.77. The van der Waals surface area contributed by atoms with E-state index in [0.717, 1.165) is 60.4 Å². The number of benzene rings is 2. The molecule has 32 heavy (non-hydrogen) atoms. The predicted octanol–water partition coefficient (Wildman–Crippen LogP) is 4.05. The van der Waals surface area contributed by atoms with Crippen molar-refractivity contribution in [1.82, 2.24) is 10.6 Å². The number of nitrogens with zero attached hydrogens (tertiary/aromatic N) is 2. The Labute approximate surface area is 208 Å². The Morgan fingerprint density at radius 3 is 2.31 bits per heavy atom. The fourth-order valence-corrected chi connectivity index (χ4v) is 3.77. The average Bonchev–Trinajstić information content (AvgIpc) is 2.82. The van der Waals surface area contributed by atoms with E-state index in [2.05, 4.69) is 38.7 Å². The van der Waals surface area contributed by atoms with Crippen LogP contribution in [0.15, 0.2) is 47.5 Å². The molecule has 1 fully saturated rings. The summed E-state index contributed by atoms with van der Waals surface area (Å²) in [7, 11) is 5.17. The lowest BCUT2D eigenvalue weighted by atomic mass is 10.0. The van der Waals surface area contributed by atoms with E-state index in [-0.39, 0.29) is 24.0 Å². The summed E-state index contributed by atoms with van der Waals surface area (Å²) in [5, 5.41) is 6.98. The number of hydrogen-bond donors (Lipinski definition) is 2. The molecule has 0 aromatic heterocycles. The topological polar surface area (TPSA) is 67.4 Å². The second-order valence-corrected chi connectivity index (χ2v) is 7.44. The van der Waals surface area contributed by atoms with Crippen molar-refractivity contribution in [2.75, 3.05) is 45.9 Å². The highest BCUT2D eigenvalue weighted by atomic mass is 127. The summed E-state index contributed by atoms with van der Waals surface area (Å²) in [6, 6.07) is 14.5. The number of aliphatic imine (C=N–C) groups is 1. The van der Waals surface area contributed by atoms with Gasteiger partial charge in [-0.15, -0.1) is 24.0 Å². The molecule has 0 aliphatic carbocycles. The molecule has 0 spiro atoms. The monoisotopic (exact) mass is 554 g/mol. The van der Waals surface area contributed by atoms with Crippen LogP contribution >= 0.6 is 24.0 Å². The van der Waals surface area contributed by atoms with Crippen molar-refractivity contribution in [1.29, 1.82) is 0 Å². The summed E-state index contributed by atoms with van der Waals surface area (Å²) in [6.07, 6.45) is 2.05. The van der Waals surface area contributed by atoms with E-state index in [1.807, 2.05) is 31.2 Å². The van der Waals surface area contributed by atoms with Crippen LogP contribution in [0, 0.1) is 0 Å². The van der Waals surface area contributed by atoms with Crippen LogP contribution in [0.1, 0.15) is 25.3 Å². The molecule has 2 aromatic rings. The van der Waals surface area contributed by atoms with E-state index in [0.29, 0.717) is 19.2 Å². The third-order valence-corrected chi connectivity index (χ3v) is 5.48. The first-order valence-electron chi connectivity index (χ1n) is 10.8. The maximum Gasteiger partial charge on any atom is 0.191 e. The zero-order valence-corrected chi connectivity index (χ0v) is 21.7. The number of halogens is 1. The highest BCUT2D eigenvalue weighted by molar-refractivity contribution is 14.0. The van der Waals surface area contributed by atoms with Crippen molar-refractivity contribution >= 4 is 35.6 Å². The minimum Gasteiger partial charge on any atom is -0.497 e. The number of ether oxygens (including phenoxy) is 3. The van der Waals surface area contributed by atoms with Gasteiger partial charge < -0.3 is 29.7 Å². The molecule has 0 radical (unpaired) electrons. The minimum absolute atomic E-state index is 0. The Kier molecular flexibility index (Phi) is 10.7. The summed E-state index contributed by atoms with van der Waals surface area (Å²) in [5.74, 6) is 3.35. The molecular formula is C24H35IN4O3. The first-order chi connectivity index (χ1) is 15.2. The molecule has 176 valence electrons. The van der Waals surface area contributed by atoms with Gasteiger partial charge in [0.25, 0.3) is 0 Å². The summed E-state index contributed by atoms with van der Waals surface area (Å²) in [5.41, 5.74) is 2.25. The van der Waals surface area contributed by atoms with Crippen LogP contribution in [0.4, 0.5) is 5.69 Å². The Hall–Kier alpha value is -2.36. The van der Waals surface area contributed by atoms with E-state index in [9.17, 15) is 0 Å². The van der Waals surface area contributed by atoms with Crippen LogP contribution in [0.2, 0.25) is 0 Å². The molecule has 2 aromatic carbocycles. The quantitative estimate of drug-likeness (QED) is 0.292. The van der Waals surface area contributed by atoms with Crippen LogP contribution in [0.25, 0.3) is 0 Å². The SMILES string of the molecule is CCOc1ccccc1CNC(=NC)NC1CCN(c2cc(OC)cc(OC)c2)CC1.I. The summed E-state index contributed by atoms with van der Waals surface area (Å²) in [6.45, 7) is 5.23. The second-order valence-electron chi connectivity index (χ2n) is 7.44. The lowest BCUT2D eigenvalue weighted by molar-refractivity contribution is 0.336. The molecule has 0 amide bonds. The molecule has 1 saturated heterocycles. The van der Waals surface area contributed by atoms with E-state index in [1.54, 1.807) is 21.3 Å². The third-order valence-electron chi connectivity index (χ3n) is 5.48. The van der Waals surface area contributed by atoms with E-state index >= 15 is 0 Å². The zero-order chi connectivity index (χ0) is 22.1. The number of methoxy groups -OCH3 is 2. The maximum atomic E-state index is 5.72. The first kappa shape index (κ1) is 25.9. The Morgan fingerprint density at radius 1 is 1.06 bits per heavy atom. The normalized spacial score (nSPS) is 14.4. The number of para-hydroxylation sites is 1. The van der Waals surface area contributed by atoms with Crippen molar-refractivity contribution in [3.05, 3.63) is 48.0 Å². The number of hydrogen-bond acceptors (Lipinski definition) is 5. The molecule has 0 atom stereocenters. The third kappa shape index (κ3) is 7.08. The molecule has 1 heterocycles. The molecule has 3 rings (SSSR count). The van der Waals surface area contributed by atoms with Gasteiger partial charge in [0.1, 0.15) is 17.2 Å². The van der Waals surface area contributed by atoms with Crippen molar-refractivity contribution in [3.63, 3.8) is 0 Å². The van der Waals surface area contributed by atoms with Gasteiger partial charge in [0.15, 0.2) is 5.96 Å². The Balaban J connectivity index is 0.00000363. The Morgan fingerprint density at radius 2 is 1.72 bits per heavy atom. The number of rotatable bonds is 8. The van der Waals surface area contributed by atoms with Crippen LogP contribution in [0.5, 0.6) is 17.2 Å². The van der Waals surface area contributed by atoms with Gasteiger partial charge in [-0.05, 0) is 25.8 Å². The van der Waals surface area contributed by atoms with Crippen LogP contribution in [-0.2, 0) is 6.54 Å². The minimum atomic E-state index is 0. The smallest absolute Gasteiger partial charge is 0.191 e. The lowest BCUT2D eigenvalue weighted by Gasteiger charge is -2.34. The van der Waals surface area contributed by atoms with Gasteiger partial charge in [0, 0.05) is 62.2 Å². The molecule has 0 bridgehead atoms. The van der Waals surface area contributed by atoms with E-state index in [4.69, 9.17) is 14.2 Å². The highest BCUT2D eigenvalue weighted by Gasteiger charge is 2.21. The van der Waals surface area contributed by atoms with E-state index in [1.165, 1.54) is 0 Å². The standard InChI is InChI=1S/C24H34N4O3.HI/c1-5-31-23-9-7-6-8-18(23)17-26-24(25-2)27-19-10-12-28(13-11-19)20-14-21(29-3)16-22(15-20)30-4;/h6-9,14-16,19H,5,10-13,17H2,1-4H3,(H2,25,26,27);1H. The van der Waals surface area contributed by atoms with Crippen molar-refractivity contribution in [3.8, 4) is 17.2 Å². The molecule has 0 unspecified atom stereocenters. The maximum absolute atomic E-state index is 5.72. The van der Waals surface area contributed by atoms with Gasteiger partial charge in [-0.25, -0.2) is 0 Å². The Bertz CT molecular complexity index is 848. The van der Waals surface area contributed by atoms with Crippen molar-refractivity contribution < 1.29 is 14.2 Å². The largest absolute Gasteiger partial charge is 0.497 e. The van der Waals surface area contributed by atoms with Crippen molar-refractivity contribution in [2.24, 2.45) is 4.99 Å². The van der Waals surface area contributed by atoms with Gasteiger partial charge in [-0.2, -0.15) is 0 Å². The number of guanidine groups is 1. The molecular weight excluding hydrogens is 519 g/mol. The molecule has 1 aliphatic rings. The van der Waals surface area contributed by atoms with Crippen molar-refractivity contribution in [2.45, 2.75) is 32.4 Å². The van der Waals surface area contributed by atoms with E-state index < -0.39 is 0 Å². The van der Waals surface area contributed by atoms with Gasteiger partial charge in [-0.3, -0.25) is 4.99 Å². The van der Waals surface area contributed by atoms with Crippen LogP contribution in [0.3, 0.4) is 0 Å². The van der Waals surface area contributed by atoms with Crippen LogP contribution in [-0.4, -0.2) is 53.0 Å². The zero-order valence-electron chi connectivity index (χ0n) is 19.4. The lowest BCUT2D eigenvalue weighted by Crippen LogP contribution is -2.48.